The maximum atomic E-state index is 5.66. The van der Waals surface area contributed by atoms with Crippen LogP contribution in [0, 0.1) is 6.92 Å². The highest BCUT2D eigenvalue weighted by molar-refractivity contribution is 5.36. The molecule has 0 aliphatic heterocycles. The summed E-state index contributed by atoms with van der Waals surface area (Å²) in [6.07, 6.45) is 0. The van der Waals surface area contributed by atoms with Crippen LogP contribution in [0.4, 0.5) is 0 Å². The second kappa shape index (κ2) is 4.92. The maximum Gasteiger partial charge on any atom is 0.0712 e. The Hall–Kier alpha value is -1.64. The Balaban J connectivity index is 2.41. The van der Waals surface area contributed by atoms with E-state index in [1.165, 1.54) is 16.7 Å². The molecule has 0 aromatic heterocycles. The average molecular weight is 212 g/mol. The molecule has 16 heavy (non-hydrogen) atoms. The van der Waals surface area contributed by atoms with Crippen molar-refractivity contribution < 1.29 is 0 Å². The van der Waals surface area contributed by atoms with Crippen LogP contribution in [-0.2, 0) is 0 Å². The lowest BCUT2D eigenvalue weighted by molar-refractivity contribution is 0.634. The van der Waals surface area contributed by atoms with Crippen LogP contribution < -0.4 is 11.3 Å². The van der Waals surface area contributed by atoms with Gasteiger partial charge in [0.05, 0.1) is 6.04 Å². The van der Waals surface area contributed by atoms with Gasteiger partial charge in [-0.1, -0.05) is 54.6 Å². The lowest BCUT2D eigenvalue weighted by atomic mass is 9.96. The molecule has 82 valence electrons. The van der Waals surface area contributed by atoms with E-state index >= 15 is 0 Å². The van der Waals surface area contributed by atoms with Gasteiger partial charge in [0.2, 0.25) is 0 Å². The molecule has 3 N–H and O–H groups in total. The molecule has 0 bridgehead atoms. The minimum Gasteiger partial charge on any atom is -0.271 e. The van der Waals surface area contributed by atoms with E-state index in [0.717, 1.165) is 0 Å². The molecule has 2 aromatic rings. The van der Waals surface area contributed by atoms with Crippen LogP contribution in [0.5, 0.6) is 0 Å². The molecule has 0 saturated heterocycles. The Morgan fingerprint density at radius 2 is 1.56 bits per heavy atom. The van der Waals surface area contributed by atoms with Crippen molar-refractivity contribution in [1.82, 2.24) is 5.43 Å². The van der Waals surface area contributed by atoms with Crippen molar-refractivity contribution in [3.63, 3.8) is 0 Å². The summed E-state index contributed by atoms with van der Waals surface area (Å²) in [5.74, 6) is 5.66. The van der Waals surface area contributed by atoms with Crippen LogP contribution in [0.2, 0.25) is 0 Å². The van der Waals surface area contributed by atoms with Crippen molar-refractivity contribution in [3.8, 4) is 0 Å². The summed E-state index contributed by atoms with van der Waals surface area (Å²) in [5, 5.41) is 0. The SMILES string of the molecule is Cc1ccccc1C(NN)c1ccccc1. The monoisotopic (exact) mass is 212 g/mol. The van der Waals surface area contributed by atoms with Crippen molar-refractivity contribution in [2.24, 2.45) is 5.84 Å². The van der Waals surface area contributed by atoms with Crippen molar-refractivity contribution >= 4 is 0 Å². The number of nitrogens with one attached hydrogen (secondary N) is 1. The minimum atomic E-state index is 0.0578. The summed E-state index contributed by atoms with van der Waals surface area (Å²) >= 11 is 0. The topological polar surface area (TPSA) is 38.0 Å². The van der Waals surface area contributed by atoms with Crippen LogP contribution in [0.3, 0.4) is 0 Å². The van der Waals surface area contributed by atoms with Crippen molar-refractivity contribution in [2.75, 3.05) is 0 Å². The molecule has 0 saturated carbocycles. The van der Waals surface area contributed by atoms with Gasteiger partial charge < -0.3 is 0 Å². The van der Waals surface area contributed by atoms with Gasteiger partial charge in [0.1, 0.15) is 0 Å². The van der Waals surface area contributed by atoms with E-state index in [1.807, 2.05) is 30.3 Å². The fourth-order valence-corrected chi connectivity index (χ4v) is 1.92. The van der Waals surface area contributed by atoms with E-state index in [1.54, 1.807) is 0 Å². The molecule has 1 atom stereocenters. The first kappa shape index (κ1) is 10.9. The van der Waals surface area contributed by atoms with E-state index in [0.29, 0.717) is 0 Å². The van der Waals surface area contributed by atoms with E-state index < -0.39 is 0 Å². The first-order valence-electron chi connectivity index (χ1n) is 5.39. The highest BCUT2D eigenvalue weighted by Gasteiger charge is 2.13. The summed E-state index contributed by atoms with van der Waals surface area (Å²) in [5.41, 5.74) is 6.52. The molecule has 0 spiro atoms. The van der Waals surface area contributed by atoms with Gasteiger partial charge in [0, 0.05) is 0 Å². The largest absolute Gasteiger partial charge is 0.271 e. The fourth-order valence-electron chi connectivity index (χ4n) is 1.92. The van der Waals surface area contributed by atoms with E-state index in [2.05, 4.69) is 36.6 Å². The number of hydrogen-bond acceptors (Lipinski definition) is 2. The second-order valence-corrected chi connectivity index (χ2v) is 3.87. The summed E-state index contributed by atoms with van der Waals surface area (Å²) in [7, 11) is 0. The summed E-state index contributed by atoms with van der Waals surface area (Å²) < 4.78 is 0. The number of nitrogens with two attached hydrogens (primary N) is 1. The molecule has 0 amide bonds. The lowest BCUT2D eigenvalue weighted by Crippen LogP contribution is -2.29. The summed E-state index contributed by atoms with van der Waals surface area (Å²) in [6, 6.07) is 18.6. The number of benzene rings is 2. The highest BCUT2D eigenvalue weighted by Crippen LogP contribution is 2.23. The molecule has 0 aliphatic rings. The Labute approximate surface area is 96.1 Å². The zero-order valence-electron chi connectivity index (χ0n) is 9.35. The van der Waals surface area contributed by atoms with Crippen molar-refractivity contribution in [1.29, 1.82) is 0 Å². The van der Waals surface area contributed by atoms with Gasteiger partial charge in [0.15, 0.2) is 0 Å². The quantitative estimate of drug-likeness (QED) is 0.606. The van der Waals surface area contributed by atoms with Gasteiger partial charge in [-0.05, 0) is 23.6 Å². The minimum absolute atomic E-state index is 0.0578. The number of aryl methyl sites for hydroxylation is 1. The van der Waals surface area contributed by atoms with Crippen LogP contribution in [0.1, 0.15) is 22.7 Å². The third kappa shape index (κ3) is 2.13. The van der Waals surface area contributed by atoms with E-state index in [9.17, 15) is 0 Å². The van der Waals surface area contributed by atoms with Crippen molar-refractivity contribution in [2.45, 2.75) is 13.0 Å². The average Bonchev–Trinajstić information content (AvgIpc) is 2.34. The highest BCUT2D eigenvalue weighted by atomic mass is 15.2. The standard InChI is InChI=1S/C14H16N2/c1-11-7-5-6-10-13(11)14(16-15)12-8-3-2-4-9-12/h2-10,14,16H,15H2,1H3. The summed E-state index contributed by atoms with van der Waals surface area (Å²) in [4.78, 5) is 0. The molecule has 2 rings (SSSR count). The molecule has 1 unspecified atom stereocenters. The zero-order chi connectivity index (χ0) is 11.4. The predicted octanol–water partition coefficient (Wildman–Crippen LogP) is 2.55. The normalized spacial score (nSPS) is 12.4. The predicted molar refractivity (Wildman–Crippen MR) is 66.8 cm³/mol. The first-order valence-corrected chi connectivity index (χ1v) is 5.39. The molecular formula is C14H16N2. The molecule has 0 radical (unpaired) electrons. The molecule has 2 nitrogen and oxygen atoms in total. The van der Waals surface area contributed by atoms with Crippen molar-refractivity contribution in [3.05, 3.63) is 71.3 Å². The molecule has 0 aliphatic carbocycles. The maximum absolute atomic E-state index is 5.66. The Kier molecular flexibility index (Phi) is 3.34. The van der Waals surface area contributed by atoms with Crippen LogP contribution in [0.15, 0.2) is 54.6 Å². The van der Waals surface area contributed by atoms with Crippen LogP contribution in [-0.4, -0.2) is 0 Å². The molecule has 0 heterocycles. The summed E-state index contributed by atoms with van der Waals surface area (Å²) in [6.45, 7) is 2.10. The van der Waals surface area contributed by atoms with E-state index in [-0.39, 0.29) is 6.04 Å². The van der Waals surface area contributed by atoms with Gasteiger partial charge in [-0.3, -0.25) is 5.84 Å². The third-order valence-electron chi connectivity index (χ3n) is 2.80. The van der Waals surface area contributed by atoms with E-state index in [4.69, 9.17) is 5.84 Å². The smallest absolute Gasteiger partial charge is 0.0712 e. The van der Waals surface area contributed by atoms with Gasteiger partial charge in [0.25, 0.3) is 0 Å². The molecule has 0 fully saturated rings. The molecule has 2 heteroatoms. The van der Waals surface area contributed by atoms with Gasteiger partial charge in [-0.2, -0.15) is 0 Å². The lowest BCUT2D eigenvalue weighted by Gasteiger charge is -2.18. The molecule has 2 aromatic carbocycles. The molecular weight excluding hydrogens is 196 g/mol. The number of hydrogen-bond donors (Lipinski definition) is 2. The van der Waals surface area contributed by atoms with Crippen LogP contribution >= 0.6 is 0 Å². The third-order valence-corrected chi connectivity index (χ3v) is 2.80. The fraction of sp³-hybridized carbons (Fsp3) is 0.143. The van der Waals surface area contributed by atoms with Gasteiger partial charge in [-0.15, -0.1) is 0 Å². The Morgan fingerprint density at radius 3 is 2.19 bits per heavy atom. The van der Waals surface area contributed by atoms with Gasteiger partial charge >= 0.3 is 0 Å². The van der Waals surface area contributed by atoms with Crippen LogP contribution in [0.25, 0.3) is 0 Å². The zero-order valence-corrected chi connectivity index (χ0v) is 9.35. The first-order chi connectivity index (χ1) is 7.83. The number of hydrazine groups is 1. The Morgan fingerprint density at radius 1 is 0.938 bits per heavy atom. The number of rotatable bonds is 3. The Bertz CT molecular complexity index is 451. The second-order valence-electron chi connectivity index (χ2n) is 3.87. The van der Waals surface area contributed by atoms with Gasteiger partial charge in [-0.25, -0.2) is 5.43 Å².